The van der Waals surface area contributed by atoms with Gasteiger partial charge in [0.15, 0.2) is 0 Å². The molecule has 0 aromatic heterocycles. The SMILES string of the molecule is COc1ccc(C(C)(O)C(C)(C)C)cc1. The van der Waals surface area contributed by atoms with Crippen molar-refractivity contribution in [3.63, 3.8) is 0 Å². The predicted octanol–water partition coefficient (Wildman–Crippen LogP) is 2.95. The molecule has 2 nitrogen and oxygen atoms in total. The third kappa shape index (κ3) is 2.32. The Balaban J connectivity index is 3.06. The van der Waals surface area contributed by atoms with Crippen molar-refractivity contribution >= 4 is 0 Å². The Morgan fingerprint density at radius 1 is 1.00 bits per heavy atom. The summed E-state index contributed by atoms with van der Waals surface area (Å²) in [6, 6.07) is 7.55. The summed E-state index contributed by atoms with van der Waals surface area (Å²) in [5.74, 6) is 0.809. The summed E-state index contributed by atoms with van der Waals surface area (Å²) in [7, 11) is 1.64. The van der Waals surface area contributed by atoms with Gasteiger partial charge in [-0.3, -0.25) is 0 Å². The molecule has 84 valence electrons. The molecule has 0 spiro atoms. The molecule has 2 heteroatoms. The molecule has 0 aliphatic rings. The Morgan fingerprint density at radius 3 is 1.80 bits per heavy atom. The van der Waals surface area contributed by atoms with Crippen molar-refractivity contribution < 1.29 is 9.84 Å². The molecule has 15 heavy (non-hydrogen) atoms. The van der Waals surface area contributed by atoms with Gasteiger partial charge >= 0.3 is 0 Å². The number of hydrogen-bond donors (Lipinski definition) is 1. The van der Waals surface area contributed by atoms with Crippen LogP contribution in [0.15, 0.2) is 24.3 Å². The molecule has 1 aromatic rings. The van der Waals surface area contributed by atoms with Crippen LogP contribution in [0, 0.1) is 5.41 Å². The van der Waals surface area contributed by atoms with E-state index in [1.54, 1.807) is 7.11 Å². The third-order valence-corrected chi connectivity index (χ3v) is 3.11. The van der Waals surface area contributed by atoms with Crippen LogP contribution in [0.1, 0.15) is 33.3 Å². The molecule has 1 N–H and O–H groups in total. The van der Waals surface area contributed by atoms with E-state index >= 15 is 0 Å². The van der Waals surface area contributed by atoms with Gasteiger partial charge in [0.05, 0.1) is 12.7 Å². The van der Waals surface area contributed by atoms with E-state index in [0.717, 1.165) is 11.3 Å². The molecule has 0 bridgehead atoms. The molecule has 0 radical (unpaired) electrons. The Kier molecular flexibility index (Phi) is 3.10. The van der Waals surface area contributed by atoms with Crippen molar-refractivity contribution in [1.29, 1.82) is 0 Å². The molecule has 0 heterocycles. The monoisotopic (exact) mass is 208 g/mol. The van der Waals surface area contributed by atoms with Crippen LogP contribution in [0.5, 0.6) is 5.75 Å². The number of hydrogen-bond acceptors (Lipinski definition) is 2. The highest BCUT2D eigenvalue weighted by atomic mass is 16.5. The first-order valence-corrected chi connectivity index (χ1v) is 5.16. The molecule has 0 aliphatic heterocycles. The van der Waals surface area contributed by atoms with Crippen molar-refractivity contribution in [3.8, 4) is 5.75 Å². The average molecular weight is 208 g/mol. The first-order chi connectivity index (χ1) is 6.79. The van der Waals surface area contributed by atoms with Gasteiger partial charge in [0, 0.05) is 0 Å². The molecule has 0 fully saturated rings. The summed E-state index contributed by atoms with van der Waals surface area (Å²) in [6.07, 6.45) is 0. The highest BCUT2D eigenvalue weighted by Crippen LogP contribution is 2.39. The van der Waals surface area contributed by atoms with Gasteiger partial charge in [-0.2, -0.15) is 0 Å². The number of aliphatic hydroxyl groups is 1. The van der Waals surface area contributed by atoms with E-state index < -0.39 is 5.60 Å². The van der Waals surface area contributed by atoms with Gasteiger partial charge in [0.2, 0.25) is 0 Å². The zero-order valence-corrected chi connectivity index (χ0v) is 10.2. The van der Waals surface area contributed by atoms with Crippen molar-refractivity contribution in [2.45, 2.75) is 33.3 Å². The van der Waals surface area contributed by atoms with Gasteiger partial charge in [-0.25, -0.2) is 0 Å². The molecule has 1 rings (SSSR count). The minimum Gasteiger partial charge on any atom is -0.497 e. The fourth-order valence-electron chi connectivity index (χ4n) is 1.35. The summed E-state index contributed by atoms with van der Waals surface area (Å²) in [5, 5.41) is 10.4. The van der Waals surface area contributed by atoms with Crippen LogP contribution in [-0.4, -0.2) is 12.2 Å². The van der Waals surface area contributed by atoms with E-state index in [2.05, 4.69) is 0 Å². The summed E-state index contributed by atoms with van der Waals surface area (Å²) < 4.78 is 5.09. The van der Waals surface area contributed by atoms with Crippen LogP contribution in [0.25, 0.3) is 0 Å². The second kappa shape index (κ2) is 3.86. The second-order valence-electron chi connectivity index (χ2n) is 5.05. The van der Waals surface area contributed by atoms with Crippen molar-refractivity contribution in [1.82, 2.24) is 0 Å². The second-order valence-corrected chi connectivity index (χ2v) is 5.05. The van der Waals surface area contributed by atoms with Crippen LogP contribution in [0.4, 0.5) is 0 Å². The number of methoxy groups -OCH3 is 1. The van der Waals surface area contributed by atoms with Crippen molar-refractivity contribution in [2.24, 2.45) is 5.41 Å². The molecule has 0 amide bonds. The standard InChI is InChI=1S/C13H20O2/c1-12(2,3)13(4,14)10-6-8-11(15-5)9-7-10/h6-9,14H,1-5H3. The number of benzene rings is 1. The predicted molar refractivity (Wildman–Crippen MR) is 62.0 cm³/mol. The maximum Gasteiger partial charge on any atom is 0.118 e. The zero-order valence-electron chi connectivity index (χ0n) is 10.2. The van der Waals surface area contributed by atoms with Gasteiger partial charge in [-0.05, 0) is 30.0 Å². The lowest BCUT2D eigenvalue weighted by Crippen LogP contribution is -2.36. The quantitative estimate of drug-likeness (QED) is 0.809. The average Bonchev–Trinajstić information content (AvgIpc) is 2.16. The first kappa shape index (κ1) is 12.1. The first-order valence-electron chi connectivity index (χ1n) is 5.16. The van der Waals surface area contributed by atoms with Crippen LogP contribution >= 0.6 is 0 Å². The molecule has 1 atom stereocenters. The highest BCUT2D eigenvalue weighted by molar-refractivity contribution is 5.31. The summed E-state index contributed by atoms with van der Waals surface area (Å²) in [4.78, 5) is 0. The van der Waals surface area contributed by atoms with Gasteiger partial charge in [0.25, 0.3) is 0 Å². The smallest absolute Gasteiger partial charge is 0.118 e. The van der Waals surface area contributed by atoms with Gasteiger partial charge in [-0.1, -0.05) is 32.9 Å². The molecule has 1 unspecified atom stereocenters. The summed E-state index contributed by atoms with van der Waals surface area (Å²) >= 11 is 0. The Labute approximate surface area is 91.9 Å². The fourth-order valence-corrected chi connectivity index (χ4v) is 1.35. The zero-order chi connectivity index (χ0) is 11.7. The third-order valence-electron chi connectivity index (χ3n) is 3.11. The van der Waals surface area contributed by atoms with E-state index in [-0.39, 0.29) is 5.41 Å². The minimum atomic E-state index is -0.834. The lowest BCUT2D eigenvalue weighted by atomic mass is 9.73. The lowest BCUT2D eigenvalue weighted by molar-refractivity contribution is -0.0470. The molecular formula is C13H20O2. The van der Waals surface area contributed by atoms with E-state index in [1.165, 1.54) is 0 Å². The number of ether oxygens (including phenoxy) is 1. The summed E-state index contributed by atoms with van der Waals surface area (Å²) in [5.41, 5.74) is -0.114. The maximum atomic E-state index is 10.4. The van der Waals surface area contributed by atoms with E-state index in [9.17, 15) is 5.11 Å². The highest BCUT2D eigenvalue weighted by Gasteiger charge is 2.36. The minimum absolute atomic E-state index is 0.193. The van der Waals surface area contributed by atoms with Gasteiger partial charge in [0.1, 0.15) is 5.75 Å². The maximum absolute atomic E-state index is 10.4. The van der Waals surface area contributed by atoms with Gasteiger partial charge in [-0.15, -0.1) is 0 Å². The van der Waals surface area contributed by atoms with Crippen molar-refractivity contribution in [2.75, 3.05) is 7.11 Å². The van der Waals surface area contributed by atoms with Crippen LogP contribution < -0.4 is 4.74 Å². The Morgan fingerprint density at radius 2 is 1.47 bits per heavy atom. The van der Waals surface area contributed by atoms with E-state index in [4.69, 9.17) is 4.74 Å². The molecular weight excluding hydrogens is 188 g/mol. The largest absolute Gasteiger partial charge is 0.497 e. The Bertz CT molecular complexity index is 317. The van der Waals surface area contributed by atoms with Crippen LogP contribution in [0.2, 0.25) is 0 Å². The van der Waals surface area contributed by atoms with E-state index in [0.29, 0.717) is 0 Å². The normalized spacial score (nSPS) is 15.9. The molecule has 1 aromatic carbocycles. The van der Waals surface area contributed by atoms with E-state index in [1.807, 2.05) is 52.0 Å². The fraction of sp³-hybridized carbons (Fsp3) is 0.538. The lowest BCUT2D eigenvalue weighted by Gasteiger charge is -2.37. The van der Waals surface area contributed by atoms with Crippen molar-refractivity contribution in [3.05, 3.63) is 29.8 Å². The Hall–Kier alpha value is -1.02. The van der Waals surface area contributed by atoms with Crippen LogP contribution in [0.3, 0.4) is 0 Å². The molecule has 0 saturated carbocycles. The summed E-state index contributed by atoms with van der Waals surface area (Å²) in [6.45, 7) is 7.92. The van der Waals surface area contributed by atoms with Gasteiger partial charge < -0.3 is 9.84 Å². The number of rotatable bonds is 2. The van der Waals surface area contributed by atoms with Crippen LogP contribution in [-0.2, 0) is 5.60 Å². The molecule has 0 saturated heterocycles. The topological polar surface area (TPSA) is 29.5 Å². The molecule has 0 aliphatic carbocycles.